The van der Waals surface area contributed by atoms with E-state index >= 15 is 0 Å². The zero-order valence-electron chi connectivity index (χ0n) is 10.5. The minimum absolute atomic E-state index is 0.327. The molecule has 0 saturated carbocycles. The van der Waals surface area contributed by atoms with E-state index in [0.717, 1.165) is 18.7 Å². The normalized spacial score (nSPS) is 18.4. The first-order valence-corrected chi connectivity index (χ1v) is 6.41. The molecule has 2 N–H and O–H groups in total. The number of piperidine rings is 1. The van der Waals surface area contributed by atoms with E-state index < -0.39 is 5.60 Å². The summed E-state index contributed by atoms with van der Waals surface area (Å²) >= 11 is 0. The second-order valence-corrected chi connectivity index (χ2v) is 4.84. The van der Waals surface area contributed by atoms with Gasteiger partial charge in [0, 0.05) is 18.8 Å². The Morgan fingerprint density at radius 2 is 2.21 bits per heavy atom. The molecule has 1 aliphatic rings. The Morgan fingerprint density at radius 3 is 2.95 bits per heavy atom. The van der Waals surface area contributed by atoms with E-state index in [-0.39, 0.29) is 0 Å². The number of hydrogen-bond acceptors (Lipinski definition) is 6. The summed E-state index contributed by atoms with van der Waals surface area (Å²) in [7, 11) is 0. The maximum Gasteiger partial charge on any atom is 0.258 e. The molecule has 0 amide bonds. The number of pyridine rings is 1. The number of aliphatic hydroxyl groups is 1. The molecule has 0 spiro atoms. The van der Waals surface area contributed by atoms with Crippen LogP contribution in [-0.2, 0) is 12.0 Å². The Labute approximate surface area is 110 Å². The van der Waals surface area contributed by atoms with E-state index in [1.54, 1.807) is 12.4 Å². The highest BCUT2D eigenvalue weighted by Gasteiger charge is 2.36. The highest BCUT2D eigenvalue weighted by atomic mass is 16.5. The highest BCUT2D eigenvalue weighted by Crippen LogP contribution is 2.29. The van der Waals surface area contributed by atoms with Crippen molar-refractivity contribution < 1.29 is 9.63 Å². The van der Waals surface area contributed by atoms with Crippen LogP contribution in [0.15, 0.2) is 29.0 Å². The number of rotatable bonds is 3. The van der Waals surface area contributed by atoms with Crippen molar-refractivity contribution in [3.63, 3.8) is 0 Å². The van der Waals surface area contributed by atoms with Crippen molar-refractivity contribution in [1.29, 1.82) is 0 Å². The maximum absolute atomic E-state index is 10.5. The minimum Gasteiger partial charge on any atom is -0.380 e. The molecule has 6 heteroatoms. The molecule has 1 fully saturated rings. The molecule has 6 nitrogen and oxygen atoms in total. The Kier molecular flexibility index (Phi) is 3.27. The van der Waals surface area contributed by atoms with Gasteiger partial charge in [0.2, 0.25) is 0 Å². The van der Waals surface area contributed by atoms with Crippen LogP contribution in [0.5, 0.6) is 0 Å². The average molecular weight is 260 g/mol. The molecule has 0 radical (unpaired) electrons. The van der Waals surface area contributed by atoms with Gasteiger partial charge in [0.05, 0.1) is 0 Å². The van der Waals surface area contributed by atoms with Gasteiger partial charge in [0.15, 0.2) is 5.82 Å². The van der Waals surface area contributed by atoms with Crippen LogP contribution in [0.25, 0.3) is 0 Å². The van der Waals surface area contributed by atoms with Crippen LogP contribution in [0.2, 0.25) is 0 Å². The maximum atomic E-state index is 10.5. The molecule has 0 aliphatic carbocycles. The molecule has 3 heterocycles. The van der Waals surface area contributed by atoms with E-state index in [0.29, 0.717) is 31.0 Å². The monoisotopic (exact) mass is 260 g/mol. The summed E-state index contributed by atoms with van der Waals surface area (Å²) < 4.78 is 5.22. The van der Waals surface area contributed by atoms with Crippen molar-refractivity contribution in [3.8, 4) is 0 Å². The van der Waals surface area contributed by atoms with Gasteiger partial charge in [0.25, 0.3) is 5.89 Å². The van der Waals surface area contributed by atoms with Crippen molar-refractivity contribution in [2.45, 2.75) is 24.9 Å². The van der Waals surface area contributed by atoms with Crippen molar-refractivity contribution >= 4 is 0 Å². The summed E-state index contributed by atoms with van der Waals surface area (Å²) in [6.07, 6.45) is 5.26. The number of nitrogens with one attached hydrogen (secondary N) is 1. The summed E-state index contributed by atoms with van der Waals surface area (Å²) in [5.41, 5.74) is 0.0398. The van der Waals surface area contributed by atoms with Gasteiger partial charge >= 0.3 is 0 Å². The van der Waals surface area contributed by atoms with E-state index in [1.165, 1.54) is 0 Å². The molecule has 0 bridgehead atoms. The zero-order chi connectivity index (χ0) is 13.1. The Bertz CT molecular complexity index is 535. The van der Waals surface area contributed by atoms with E-state index in [2.05, 4.69) is 20.4 Å². The predicted octanol–water partition coefficient (Wildman–Crippen LogP) is 0.626. The van der Waals surface area contributed by atoms with Gasteiger partial charge in [-0.1, -0.05) is 11.2 Å². The Morgan fingerprint density at radius 1 is 1.37 bits per heavy atom. The van der Waals surface area contributed by atoms with Crippen LogP contribution in [0, 0.1) is 0 Å². The molecular weight excluding hydrogens is 244 g/mol. The third-order valence-corrected chi connectivity index (χ3v) is 3.38. The van der Waals surface area contributed by atoms with Crippen LogP contribution in [-0.4, -0.2) is 33.3 Å². The van der Waals surface area contributed by atoms with E-state index in [9.17, 15) is 5.11 Å². The van der Waals surface area contributed by atoms with Crippen molar-refractivity contribution in [2.75, 3.05) is 13.1 Å². The molecule has 19 heavy (non-hydrogen) atoms. The van der Waals surface area contributed by atoms with Gasteiger partial charge in [-0.25, -0.2) is 0 Å². The summed E-state index contributed by atoms with van der Waals surface area (Å²) in [6.45, 7) is 1.52. The number of hydrogen-bond donors (Lipinski definition) is 2. The van der Waals surface area contributed by atoms with Crippen LogP contribution >= 0.6 is 0 Å². The first-order valence-electron chi connectivity index (χ1n) is 6.41. The van der Waals surface area contributed by atoms with Gasteiger partial charge < -0.3 is 14.9 Å². The van der Waals surface area contributed by atoms with E-state index in [4.69, 9.17) is 4.52 Å². The second-order valence-electron chi connectivity index (χ2n) is 4.84. The zero-order valence-corrected chi connectivity index (χ0v) is 10.5. The lowest BCUT2D eigenvalue weighted by Crippen LogP contribution is -2.39. The smallest absolute Gasteiger partial charge is 0.258 e. The van der Waals surface area contributed by atoms with Gasteiger partial charge in [-0.2, -0.15) is 4.98 Å². The molecule has 0 aromatic carbocycles. The van der Waals surface area contributed by atoms with Gasteiger partial charge in [-0.05, 0) is 37.6 Å². The second kappa shape index (κ2) is 5.07. The average Bonchev–Trinajstić information content (AvgIpc) is 2.90. The lowest BCUT2D eigenvalue weighted by Gasteiger charge is -2.28. The number of nitrogens with zero attached hydrogens (tertiary/aromatic N) is 3. The van der Waals surface area contributed by atoms with Crippen LogP contribution in [0.4, 0.5) is 0 Å². The van der Waals surface area contributed by atoms with Crippen LogP contribution in [0.1, 0.15) is 30.1 Å². The summed E-state index contributed by atoms with van der Waals surface area (Å²) in [4.78, 5) is 8.36. The fourth-order valence-electron chi connectivity index (χ4n) is 2.25. The standard InChI is InChI=1S/C13H16N4O2/c18-13(3-6-14-7-4-13)12-16-11(17-19-12)8-10-2-1-5-15-9-10/h1-2,5,9,14,18H,3-4,6-8H2. The summed E-state index contributed by atoms with van der Waals surface area (Å²) in [6, 6.07) is 3.83. The van der Waals surface area contributed by atoms with Crippen molar-refractivity contribution in [3.05, 3.63) is 41.8 Å². The minimum atomic E-state index is -0.981. The molecule has 3 rings (SSSR count). The van der Waals surface area contributed by atoms with Gasteiger partial charge in [-0.15, -0.1) is 0 Å². The number of aromatic nitrogens is 3. The molecule has 100 valence electrons. The third kappa shape index (κ3) is 2.64. The van der Waals surface area contributed by atoms with Crippen LogP contribution in [0.3, 0.4) is 0 Å². The van der Waals surface area contributed by atoms with Gasteiger partial charge in [0.1, 0.15) is 5.60 Å². The van der Waals surface area contributed by atoms with Crippen molar-refractivity contribution in [2.24, 2.45) is 0 Å². The van der Waals surface area contributed by atoms with Crippen molar-refractivity contribution in [1.82, 2.24) is 20.4 Å². The topological polar surface area (TPSA) is 84.1 Å². The first-order chi connectivity index (χ1) is 9.26. The quantitative estimate of drug-likeness (QED) is 0.842. The van der Waals surface area contributed by atoms with Gasteiger partial charge in [-0.3, -0.25) is 4.98 Å². The summed E-state index contributed by atoms with van der Waals surface area (Å²) in [5, 5.41) is 17.6. The fraction of sp³-hybridized carbons (Fsp3) is 0.462. The lowest BCUT2D eigenvalue weighted by molar-refractivity contribution is -0.0228. The van der Waals surface area contributed by atoms with Crippen LogP contribution < -0.4 is 5.32 Å². The molecule has 0 atom stereocenters. The largest absolute Gasteiger partial charge is 0.380 e. The lowest BCUT2D eigenvalue weighted by atomic mass is 9.92. The Hall–Kier alpha value is -1.79. The third-order valence-electron chi connectivity index (χ3n) is 3.38. The Balaban J connectivity index is 1.76. The molecule has 1 saturated heterocycles. The molecular formula is C13H16N4O2. The molecule has 1 aliphatic heterocycles. The highest BCUT2D eigenvalue weighted by molar-refractivity contribution is 5.14. The fourth-order valence-corrected chi connectivity index (χ4v) is 2.25. The SMILES string of the molecule is OC1(c2nc(Cc3cccnc3)no2)CCNCC1. The molecule has 2 aromatic heterocycles. The summed E-state index contributed by atoms with van der Waals surface area (Å²) in [5.74, 6) is 0.905. The molecule has 0 unspecified atom stereocenters. The first kappa shape index (κ1) is 12.3. The van der Waals surface area contributed by atoms with E-state index in [1.807, 2.05) is 12.1 Å². The molecule has 2 aromatic rings. The predicted molar refractivity (Wildman–Crippen MR) is 67.3 cm³/mol.